The molecule has 2 aromatic carbocycles. The summed E-state index contributed by atoms with van der Waals surface area (Å²) in [6.45, 7) is 6.27. The second kappa shape index (κ2) is 19.2. The molecule has 3 aliphatic heterocycles. The molecule has 2 aromatic heterocycles. The third kappa shape index (κ3) is 9.73. The molecular weight excluding hydrogens is 826 g/mol. The van der Waals surface area contributed by atoms with Crippen LogP contribution in [0.15, 0.2) is 73.2 Å². The zero-order chi connectivity index (χ0) is 45.0. The molecule has 16 heteroatoms. The van der Waals surface area contributed by atoms with Gasteiger partial charge < -0.3 is 35.4 Å². The first-order valence-electron chi connectivity index (χ1n) is 22.0. The fourth-order valence-electron chi connectivity index (χ4n) is 9.41. The predicted octanol–water partition coefficient (Wildman–Crippen LogP) is 5.09. The minimum Gasteiger partial charge on any atom is -0.453 e. The van der Waals surface area contributed by atoms with Gasteiger partial charge in [-0.1, -0.05) is 37.8 Å². The van der Waals surface area contributed by atoms with Crippen LogP contribution in [0.2, 0.25) is 0 Å². The normalized spacial score (nSPS) is 20.8. The Bertz CT molecular complexity index is 2300. The highest BCUT2D eigenvalue weighted by Crippen LogP contribution is 2.51. The van der Waals surface area contributed by atoms with E-state index in [1.54, 1.807) is 26.1 Å². The van der Waals surface area contributed by atoms with E-state index in [0.717, 1.165) is 68.1 Å². The number of aliphatic hydroxyl groups is 1. The van der Waals surface area contributed by atoms with Crippen LogP contribution in [0.5, 0.6) is 0 Å². The summed E-state index contributed by atoms with van der Waals surface area (Å²) in [4.78, 5) is 44.5. The maximum absolute atomic E-state index is 16.1. The minimum atomic E-state index is -1.72. The third-order valence-corrected chi connectivity index (χ3v) is 13.6. The highest BCUT2D eigenvalue weighted by molar-refractivity contribution is 5.87. The number of halogens is 3. The van der Waals surface area contributed by atoms with E-state index in [9.17, 15) is 14.7 Å². The van der Waals surface area contributed by atoms with Crippen molar-refractivity contribution in [2.24, 2.45) is 5.41 Å². The first kappa shape index (κ1) is 45.0. The molecule has 0 radical (unpaired) electrons. The van der Waals surface area contributed by atoms with Gasteiger partial charge in [0.2, 0.25) is 5.91 Å². The number of benzene rings is 2. The number of hydrogen-bond donors (Lipinski definition) is 4. The van der Waals surface area contributed by atoms with E-state index in [1.165, 1.54) is 25.2 Å². The molecule has 4 fully saturated rings. The van der Waals surface area contributed by atoms with Crippen molar-refractivity contribution in [2.45, 2.75) is 101 Å². The van der Waals surface area contributed by atoms with Crippen molar-refractivity contribution in [2.75, 3.05) is 44.9 Å². The van der Waals surface area contributed by atoms with E-state index in [-0.39, 0.29) is 49.3 Å². The molecule has 4 aromatic rings. The summed E-state index contributed by atoms with van der Waals surface area (Å²) < 4.78 is 56.7. The quantitative estimate of drug-likeness (QED) is 0.118. The van der Waals surface area contributed by atoms with Gasteiger partial charge in [0.25, 0.3) is 0 Å². The van der Waals surface area contributed by atoms with Crippen molar-refractivity contribution >= 4 is 17.8 Å². The zero-order valence-corrected chi connectivity index (χ0v) is 36.3. The van der Waals surface area contributed by atoms with E-state index in [4.69, 9.17) is 14.5 Å². The molecule has 13 nitrogen and oxygen atoms in total. The van der Waals surface area contributed by atoms with Crippen molar-refractivity contribution < 1.29 is 37.3 Å². The minimum absolute atomic E-state index is 0.110. The van der Waals surface area contributed by atoms with Crippen LogP contribution in [0, 0.1) is 28.9 Å². The number of alkyl halides is 1. The van der Waals surface area contributed by atoms with Crippen LogP contribution < -0.4 is 20.9 Å². The number of carbonyl (C=O) groups is 2. The summed E-state index contributed by atoms with van der Waals surface area (Å²) in [5.74, 6) is 5.13. The number of ether oxygens (including phenoxy) is 2. The largest absolute Gasteiger partial charge is 0.453 e. The van der Waals surface area contributed by atoms with Gasteiger partial charge >= 0.3 is 6.09 Å². The summed E-state index contributed by atoms with van der Waals surface area (Å²) in [5.41, 5.74) is -0.919. The highest BCUT2D eigenvalue weighted by Gasteiger charge is 2.56. The number of alkyl carbamates (subject to hydrolysis) is 1. The number of carbonyl (C=O) groups excluding carboxylic acids is 2. The monoisotopic (exact) mass is 880 g/mol. The molecule has 2 bridgehead atoms. The van der Waals surface area contributed by atoms with E-state index in [2.05, 4.69) is 47.6 Å². The van der Waals surface area contributed by atoms with Crippen LogP contribution in [0.4, 0.5) is 23.8 Å². The van der Waals surface area contributed by atoms with Crippen molar-refractivity contribution in [3.8, 4) is 23.2 Å². The van der Waals surface area contributed by atoms with Gasteiger partial charge in [0.15, 0.2) is 5.82 Å². The van der Waals surface area contributed by atoms with E-state index >= 15 is 13.2 Å². The van der Waals surface area contributed by atoms with E-state index in [1.807, 2.05) is 36.4 Å². The first-order valence-corrected chi connectivity index (χ1v) is 22.0. The molecule has 5 heterocycles. The summed E-state index contributed by atoms with van der Waals surface area (Å²) in [6, 6.07) is 14.5. The van der Waals surface area contributed by atoms with Crippen LogP contribution >= 0.6 is 0 Å². The van der Waals surface area contributed by atoms with Gasteiger partial charge in [0, 0.05) is 84.5 Å². The lowest BCUT2D eigenvalue weighted by Gasteiger charge is -2.50. The Hall–Kier alpha value is -5.60. The van der Waals surface area contributed by atoms with Gasteiger partial charge in [0.05, 0.1) is 38.5 Å². The number of nitrogens with one attached hydrogen (secondary N) is 3. The topological polar surface area (TPSA) is 154 Å². The molecule has 5 atom stereocenters. The van der Waals surface area contributed by atoms with E-state index in [0.29, 0.717) is 24.5 Å². The number of amides is 2. The molecule has 8 rings (SSSR count). The molecule has 2 unspecified atom stereocenters. The number of aliphatic hydroxyl groups excluding tert-OH is 1. The Kier molecular flexibility index (Phi) is 13.5. The Morgan fingerprint density at radius 3 is 2.19 bits per heavy atom. The van der Waals surface area contributed by atoms with Gasteiger partial charge in [-0.05, 0) is 86.6 Å². The summed E-state index contributed by atoms with van der Waals surface area (Å²) >= 11 is 0. The smallest absolute Gasteiger partial charge is 0.407 e. The van der Waals surface area contributed by atoms with Gasteiger partial charge in [0.1, 0.15) is 29.2 Å². The number of pyridine rings is 1. The lowest BCUT2D eigenvalue weighted by atomic mass is 9.61. The molecule has 4 N–H and O–H groups in total. The van der Waals surface area contributed by atoms with Crippen molar-refractivity contribution in [1.82, 2.24) is 35.8 Å². The Morgan fingerprint density at radius 1 is 0.953 bits per heavy atom. The lowest BCUT2D eigenvalue weighted by Crippen LogP contribution is -2.65. The molecule has 4 aliphatic rings. The average Bonchev–Trinajstić information content (AvgIpc) is 3.50. The van der Waals surface area contributed by atoms with Crippen molar-refractivity contribution in [3.63, 3.8) is 0 Å². The molecule has 338 valence electrons. The predicted molar refractivity (Wildman–Crippen MR) is 234 cm³/mol. The molecule has 3 saturated heterocycles. The molecule has 2 amide bonds. The molecular formula is C48H55F3N8O5. The van der Waals surface area contributed by atoms with Crippen molar-refractivity contribution in [3.05, 3.63) is 107 Å². The molecule has 1 saturated carbocycles. The molecule has 1 aliphatic carbocycles. The maximum Gasteiger partial charge on any atom is 0.407 e. The summed E-state index contributed by atoms with van der Waals surface area (Å²) in [7, 11) is 1.15. The number of nitrogens with zero attached hydrogens (tertiary/aromatic N) is 5. The second-order valence-corrected chi connectivity index (χ2v) is 17.9. The van der Waals surface area contributed by atoms with Gasteiger partial charge in [-0.15, -0.1) is 0 Å². The van der Waals surface area contributed by atoms with Crippen LogP contribution in [0.1, 0.15) is 68.2 Å². The number of rotatable bonds is 15. The SMILES string of the molecule is COC(=O)N[C@H](C(=O)N[C@@H](Cc1ccc(C#Cc2ccc(N3CC4CCC(C3)N4C3COC3)nc2)cc1)[C@@H](O)CNCc1c(F)cc(-c2ncccn2)cc1F)C(C)(C)C1(F)CCC1. The fraction of sp³-hybridized carbons (Fsp3) is 0.479. The number of anilines is 1. The zero-order valence-electron chi connectivity index (χ0n) is 36.3. The average molecular weight is 881 g/mol. The number of methoxy groups -OCH3 is 1. The van der Waals surface area contributed by atoms with Crippen LogP contribution in [-0.2, 0) is 27.2 Å². The Balaban J connectivity index is 0.943. The molecule has 64 heavy (non-hydrogen) atoms. The van der Waals surface area contributed by atoms with Crippen LogP contribution in [0.25, 0.3) is 11.4 Å². The highest BCUT2D eigenvalue weighted by atomic mass is 19.1. The Morgan fingerprint density at radius 2 is 1.61 bits per heavy atom. The third-order valence-electron chi connectivity index (χ3n) is 13.6. The first-order chi connectivity index (χ1) is 30.8. The van der Waals surface area contributed by atoms with E-state index < -0.39 is 52.9 Å². The van der Waals surface area contributed by atoms with Crippen molar-refractivity contribution in [1.29, 1.82) is 0 Å². The van der Waals surface area contributed by atoms with Crippen LogP contribution in [0.3, 0.4) is 0 Å². The number of aromatic nitrogens is 3. The Labute approximate surface area is 371 Å². The second-order valence-electron chi connectivity index (χ2n) is 17.9. The van der Waals surface area contributed by atoms with Gasteiger partial charge in [-0.2, -0.15) is 0 Å². The fourth-order valence-corrected chi connectivity index (χ4v) is 9.41. The maximum atomic E-state index is 16.1. The number of hydrogen-bond acceptors (Lipinski definition) is 11. The number of fused-ring (bicyclic) bond motifs is 2. The summed E-state index contributed by atoms with van der Waals surface area (Å²) in [6.07, 6.45) is 6.13. The van der Waals surface area contributed by atoms with Crippen LogP contribution in [-0.4, -0.2) is 119 Å². The van der Waals surface area contributed by atoms with Gasteiger partial charge in [-0.3, -0.25) is 9.69 Å². The molecule has 0 spiro atoms. The lowest BCUT2D eigenvalue weighted by molar-refractivity contribution is -0.136. The number of piperazine rings is 1. The standard InChI is InChI=1S/C48H55F3N8O5/c1-47(2,48(51)16-4-17-48)43(57-46(62)63-3)45(61)56-40(41(60)25-52-24-37-38(49)21-33(22-39(37)50)44-53-18-5-19-54-44)20-31-9-6-30(7-10-31)8-11-32-12-15-42(55-23-32)58-26-34-13-14-35(27-58)59(34)36-28-64-29-36/h5-7,9-10,12,15,18-19,21-23,34-36,40-41,43,52,60H,4,13-14,16-17,20,24-29H2,1-3H3,(H,56,61)(H,57,62)/t34?,35?,40-,41-,43+/m0/s1. The summed E-state index contributed by atoms with van der Waals surface area (Å²) in [5, 5.41) is 19.9. The van der Waals surface area contributed by atoms with Gasteiger partial charge in [-0.25, -0.2) is 32.9 Å².